The van der Waals surface area contributed by atoms with Gasteiger partial charge in [-0.2, -0.15) is 0 Å². The van der Waals surface area contributed by atoms with Gasteiger partial charge in [-0.25, -0.2) is 15.0 Å². The molecule has 4 aromatic heterocycles. The summed E-state index contributed by atoms with van der Waals surface area (Å²) < 4.78 is 6.26. The minimum Gasteiger partial charge on any atom is -0.436 e. The zero-order chi connectivity index (χ0) is 18.3. The van der Waals surface area contributed by atoms with E-state index in [4.69, 9.17) is 9.72 Å². The Labute approximate surface area is 155 Å². The fourth-order valence-corrected chi connectivity index (χ4v) is 3.76. The lowest BCUT2D eigenvalue weighted by Crippen LogP contribution is -1.99. The third-order valence-electron chi connectivity index (χ3n) is 4.48. The van der Waals surface area contributed by atoms with Gasteiger partial charge in [0, 0.05) is 16.8 Å². The number of nitrogens with zero attached hydrogens (tertiary/aromatic N) is 4. The molecule has 4 rings (SSSR count). The molecule has 26 heavy (non-hydrogen) atoms. The highest BCUT2D eigenvalue weighted by Crippen LogP contribution is 2.38. The number of ether oxygens (including phenoxy) is 1. The summed E-state index contributed by atoms with van der Waals surface area (Å²) in [5.74, 6) is 1.20. The fourth-order valence-electron chi connectivity index (χ4n) is 2.78. The van der Waals surface area contributed by atoms with E-state index < -0.39 is 0 Å². The lowest BCUT2D eigenvalue weighted by molar-refractivity contribution is 0.467. The molecule has 0 radical (unpaired) electrons. The molecule has 5 nitrogen and oxygen atoms in total. The highest BCUT2D eigenvalue weighted by atomic mass is 32.1. The van der Waals surface area contributed by atoms with Crippen molar-refractivity contribution in [2.24, 2.45) is 0 Å². The van der Waals surface area contributed by atoms with E-state index in [-0.39, 0.29) is 0 Å². The van der Waals surface area contributed by atoms with Crippen LogP contribution in [0.4, 0.5) is 0 Å². The molecule has 0 spiro atoms. The maximum atomic E-state index is 6.26. The van der Waals surface area contributed by atoms with Crippen LogP contribution in [0.1, 0.15) is 21.7 Å². The van der Waals surface area contributed by atoms with Crippen molar-refractivity contribution in [3.63, 3.8) is 0 Å². The van der Waals surface area contributed by atoms with Crippen LogP contribution < -0.4 is 4.74 Å². The van der Waals surface area contributed by atoms with E-state index in [1.807, 2.05) is 38.1 Å². The molecule has 130 valence electrons. The van der Waals surface area contributed by atoms with E-state index >= 15 is 0 Å². The van der Waals surface area contributed by atoms with Crippen molar-refractivity contribution in [1.82, 2.24) is 19.9 Å². The molecule has 4 heterocycles. The summed E-state index contributed by atoms with van der Waals surface area (Å²) in [6.07, 6.45) is 3.30. The number of aromatic nitrogens is 4. The largest absolute Gasteiger partial charge is 0.436 e. The fraction of sp³-hybridized carbons (Fsp3) is 0.200. The van der Waals surface area contributed by atoms with Crippen molar-refractivity contribution in [3.05, 3.63) is 58.5 Å². The molecule has 0 unspecified atom stereocenters. The Morgan fingerprint density at radius 2 is 1.85 bits per heavy atom. The molecular weight excluding hydrogens is 344 g/mol. The average molecular weight is 362 g/mol. The van der Waals surface area contributed by atoms with Gasteiger partial charge in [-0.05, 0) is 57.0 Å². The van der Waals surface area contributed by atoms with Gasteiger partial charge in [-0.3, -0.25) is 4.98 Å². The Balaban J connectivity index is 1.88. The number of thiophene rings is 1. The summed E-state index contributed by atoms with van der Waals surface area (Å²) in [6, 6.07) is 7.75. The molecule has 0 aliphatic rings. The van der Waals surface area contributed by atoms with Crippen LogP contribution >= 0.6 is 11.3 Å². The second kappa shape index (κ2) is 6.46. The van der Waals surface area contributed by atoms with Gasteiger partial charge in [0.1, 0.15) is 16.9 Å². The molecule has 0 amide bonds. The van der Waals surface area contributed by atoms with Crippen LogP contribution in [0.25, 0.3) is 21.6 Å². The lowest BCUT2D eigenvalue weighted by atomic mass is 10.1. The summed E-state index contributed by atoms with van der Waals surface area (Å²) in [7, 11) is 0. The summed E-state index contributed by atoms with van der Waals surface area (Å²) in [5, 5.41) is 0.959. The highest BCUT2D eigenvalue weighted by Gasteiger charge is 2.17. The highest BCUT2D eigenvalue weighted by molar-refractivity contribution is 7.18. The second-order valence-corrected chi connectivity index (χ2v) is 7.40. The Hall–Kier alpha value is -2.86. The van der Waals surface area contributed by atoms with E-state index in [2.05, 4.69) is 28.8 Å². The van der Waals surface area contributed by atoms with Crippen molar-refractivity contribution < 1.29 is 4.74 Å². The summed E-state index contributed by atoms with van der Waals surface area (Å²) in [6.45, 7) is 8.17. The number of rotatable bonds is 3. The topological polar surface area (TPSA) is 60.8 Å². The molecular formula is C20H18N4OS. The van der Waals surface area contributed by atoms with E-state index in [1.165, 1.54) is 4.88 Å². The first-order valence-electron chi connectivity index (χ1n) is 8.33. The molecule has 0 N–H and O–H groups in total. The average Bonchev–Trinajstić information content (AvgIpc) is 2.94. The standard InChI is InChI=1S/C20H18N4OS/c1-11-9-16(18(24-13(11)3)15-7-5-6-8-21-15)25-19-17-12(2)14(4)26-20(17)23-10-22-19/h5-10H,1-4H3. The molecule has 0 fully saturated rings. The van der Waals surface area contributed by atoms with Gasteiger partial charge in [0.15, 0.2) is 5.75 Å². The molecule has 0 saturated heterocycles. The summed E-state index contributed by atoms with van der Waals surface area (Å²) in [4.78, 5) is 20.1. The number of aryl methyl sites for hydroxylation is 4. The van der Waals surface area contributed by atoms with Crippen molar-refractivity contribution in [2.45, 2.75) is 27.7 Å². The van der Waals surface area contributed by atoms with Crippen LogP contribution in [0, 0.1) is 27.7 Å². The third kappa shape index (κ3) is 2.82. The Morgan fingerprint density at radius 1 is 1.00 bits per heavy atom. The number of pyridine rings is 2. The smallest absolute Gasteiger partial charge is 0.231 e. The molecule has 0 aliphatic carbocycles. The zero-order valence-corrected chi connectivity index (χ0v) is 15.9. The molecule has 0 aliphatic heterocycles. The van der Waals surface area contributed by atoms with Crippen LogP contribution in [-0.2, 0) is 0 Å². The minimum atomic E-state index is 0.555. The van der Waals surface area contributed by atoms with E-state index in [0.717, 1.165) is 32.7 Å². The third-order valence-corrected chi connectivity index (χ3v) is 5.59. The minimum absolute atomic E-state index is 0.555. The van der Waals surface area contributed by atoms with E-state index in [0.29, 0.717) is 17.3 Å². The second-order valence-electron chi connectivity index (χ2n) is 6.20. The molecule has 0 atom stereocenters. The van der Waals surface area contributed by atoms with Crippen LogP contribution in [0.15, 0.2) is 36.8 Å². The zero-order valence-electron chi connectivity index (χ0n) is 15.1. The normalized spacial score (nSPS) is 11.1. The first-order valence-corrected chi connectivity index (χ1v) is 9.14. The van der Waals surface area contributed by atoms with Gasteiger partial charge in [-0.15, -0.1) is 11.3 Å². The Kier molecular flexibility index (Phi) is 4.12. The quantitative estimate of drug-likeness (QED) is 0.503. The van der Waals surface area contributed by atoms with Gasteiger partial charge in [-0.1, -0.05) is 6.07 Å². The van der Waals surface area contributed by atoms with Crippen LogP contribution in [0.2, 0.25) is 0 Å². The van der Waals surface area contributed by atoms with Crippen molar-refractivity contribution in [3.8, 4) is 23.0 Å². The monoisotopic (exact) mass is 362 g/mol. The number of hydrogen-bond donors (Lipinski definition) is 0. The molecule has 0 saturated carbocycles. The van der Waals surface area contributed by atoms with Crippen LogP contribution in [-0.4, -0.2) is 19.9 Å². The first kappa shape index (κ1) is 16.6. The predicted molar refractivity (Wildman–Crippen MR) is 104 cm³/mol. The van der Waals surface area contributed by atoms with Gasteiger partial charge >= 0.3 is 0 Å². The van der Waals surface area contributed by atoms with Crippen LogP contribution in [0.5, 0.6) is 11.6 Å². The Morgan fingerprint density at radius 3 is 2.62 bits per heavy atom. The molecule has 6 heteroatoms. The molecule has 4 aromatic rings. The van der Waals surface area contributed by atoms with Crippen molar-refractivity contribution >= 4 is 21.6 Å². The van der Waals surface area contributed by atoms with Crippen molar-refractivity contribution in [1.29, 1.82) is 0 Å². The number of hydrogen-bond acceptors (Lipinski definition) is 6. The lowest BCUT2D eigenvalue weighted by Gasteiger charge is -2.13. The maximum absolute atomic E-state index is 6.26. The molecule has 0 bridgehead atoms. The summed E-state index contributed by atoms with van der Waals surface area (Å²) >= 11 is 1.65. The van der Waals surface area contributed by atoms with Crippen molar-refractivity contribution in [2.75, 3.05) is 0 Å². The van der Waals surface area contributed by atoms with Gasteiger partial charge in [0.05, 0.1) is 11.1 Å². The van der Waals surface area contributed by atoms with E-state index in [9.17, 15) is 0 Å². The van der Waals surface area contributed by atoms with Crippen LogP contribution in [0.3, 0.4) is 0 Å². The Bertz CT molecular complexity index is 1110. The maximum Gasteiger partial charge on any atom is 0.231 e. The number of fused-ring (bicyclic) bond motifs is 1. The molecule has 0 aromatic carbocycles. The van der Waals surface area contributed by atoms with E-state index in [1.54, 1.807) is 23.9 Å². The first-order chi connectivity index (χ1) is 12.5. The SMILES string of the molecule is Cc1cc(Oc2ncnc3sc(C)c(C)c23)c(-c2ccccn2)nc1C. The van der Waals surface area contributed by atoms with Gasteiger partial charge in [0.25, 0.3) is 0 Å². The predicted octanol–water partition coefficient (Wildman–Crippen LogP) is 5.17. The summed E-state index contributed by atoms with van der Waals surface area (Å²) in [5.41, 5.74) is 4.65. The van der Waals surface area contributed by atoms with Gasteiger partial charge < -0.3 is 4.74 Å². The van der Waals surface area contributed by atoms with Gasteiger partial charge in [0.2, 0.25) is 5.88 Å².